The van der Waals surface area contributed by atoms with E-state index < -0.39 is 29.3 Å². The minimum Gasteiger partial charge on any atom is -0.396 e. The number of halogens is 6. The van der Waals surface area contributed by atoms with Crippen molar-refractivity contribution in [2.24, 2.45) is 0 Å². The topological polar surface area (TPSA) is 38.9 Å². The molecule has 0 unspecified atom stereocenters. The standard InChI is InChI=1S/C7H4F6N2/c8-6(9,10)3-1-2-15-5(4(3)14)7(11,12)13/h1-2H,14H2. The van der Waals surface area contributed by atoms with Crippen LogP contribution in [0.3, 0.4) is 0 Å². The van der Waals surface area contributed by atoms with Crippen molar-refractivity contribution in [1.29, 1.82) is 0 Å². The van der Waals surface area contributed by atoms with E-state index >= 15 is 0 Å². The van der Waals surface area contributed by atoms with Gasteiger partial charge in [0.2, 0.25) is 0 Å². The molecule has 0 amide bonds. The highest BCUT2D eigenvalue weighted by atomic mass is 19.4. The highest BCUT2D eigenvalue weighted by molar-refractivity contribution is 5.52. The van der Waals surface area contributed by atoms with Gasteiger partial charge in [-0.25, -0.2) is 4.98 Å². The first-order chi connectivity index (χ1) is 6.64. The van der Waals surface area contributed by atoms with Crippen LogP contribution in [0.4, 0.5) is 32.0 Å². The summed E-state index contributed by atoms with van der Waals surface area (Å²) in [6, 6.07) is 0.393. The van der Waals surface area contributed by atoms with E-state index in [1.807, 2.05) is 0 Å². The van der Waals surface area contributed by atoms with Gasteiger partial charge in [0.1, 0.15) is 0 Å². The smallest absolute Gasteiger partial charge is 0.396 e. The SMILES string of the molecule is Nc1c(C(F)(F)F)ccnc1C(F)(F)F. The van der Waals surface area contributed by atoms with Gasteiger partial charge in [-0.05, 0) is 6.07 Å². The van der Waals surface area contributed by atoms with Crippen LogP contribution in [0.1, 0.15) is 11.3 Å². The van der Waals surface area contributed by atoms with E-state index in [4.69, 9.17) is 5.73 Å². The summed E-state index contributed by atoms with van der Waals surface area (Å²) in [7, 11) is 0. The molecular weight excluding hydrogens is 226 g/mol. The first kappa shape index (κ1) is 11.6. The molecule has 84 valence electrons. The molecule has 0 aliphatic carbocycles. The molecule has 0 radical (unpaired) electrons. The van der Waals surface area contributed by atoms with Gasteiger partial charge in [0.15, 0.2) is 5.69 Å². The number of hydrogen-bond donors (Lipinski definition) is 1. The van der Waals surface area contributed by atoms with Crippen molar-refractivity contribution in [3.8, 4) is 0 Å². The van der Waals surface area contributed by atoms with Crippen LogP contribution in [0.25, 0.3) is 0 Å². The zero-order valence-corrected chi connectivity index (χ0v) is 6.95. The molecule has 15 heavy (non-hydrogen) atoms. The fourth-order valence-electron chi connectivity index (χ4n) is 0.946. The van der Waals surface area contributed by atoms with Crippen LogP contribution < -0.4 is 5.73 Å². The van der Waals surface area contributed by atoms with Crippen molar-refractivity contribution in [1.82, 2.24) is 4.98 Å². The number of hydrogen-bond acceptors (Lipinski definition) is 2. The molecule has 2 N–H and O–H groups in total. The number of nitrogens with zero attached hydrogens (tertiary/aromatic N) is 1. The molecule has 0 aliphatic rings. The number of aromatic nitrogens is 1. The third kappa shape index (κ3) is 2.31. The average molecular weight is 230 g/mol. The van der Waals surface area contributed by atoms with Gasteiger partial charge in [-0.1, -0.05) is 0 Å². The van der Waals surface area contributed by atoms with E-state index in [2.05, 4.69) is 4.98 Å². The highest BCUT2D eigenvalue weighted by Gasteiger charge is 2.41. The van der Waals surface area contributed by atoms with Gasteiger partial charge in [0, 0.05) is 6.20 Å². The van der Waals surface area contributed by atoms with Crippen molar-refractivity contribution in [3.05, 3.63) is 23.5 Å². The van der Waals surface area contributed by atoms with Crippen molar-refractivity contribution in [2.45, 2.75) is 12.4 Å². The number of rotatable bonds is 0. The Hall–Kier alpha value is -1.47. The van der Waals surface area contributed by atoms with Gasteiger partial charge in [0.05, 0.1) is 11.3 Å². The van der Waals surface area contributed by atoms with Crippen molar-refractivity contribution < 1.29 is 26.3 Å². The summed E-state index contributed by atoms with van der Waals surface area (Å²) in [5, 5.41) is 0. The minimum atomic E-state index is -4.99. The van der Waals surface area contributed by atoms with Gasteiger partial charge in [-0.3, -0.25) is 0 Å². The van der Waals surface area contributed by atoms with E-state index in [-0.39, 0.29) is 0 Å². The predicted molar refractivity (Wildman–Crippen MR) is 38.7 cm³/mol. The lowest BCUT2D eigenvalue weighted by Gasteiger charge is -2.13. The second kappa shape index (κ2) is 3.28. The quantitative estimate of drug-likeness (QED) is 0.696. The lowest BCUT2D eigenvalue weighted by Crippen LogP contribution is -2.17. The molecule has 1 rings (SSSR count). The molecule has 0 spiro atoms. The largest absolute Gasteiger partial charge is 0.435 e. The van der Waals surface area contributed by atoms with Gasteiger partial charge >= 0.3 is 12.4 Å². The van der Waals surface area contributed by atoms with E-state index in [0.717, 1.165) is 0 Å². The number of alkyl halides is 6. The number of nitrogens with two attached hydrogens (primary N) is 1. The molecule has 2 nitrogen and oxygen atoms in total. The zero-order valence-electron chi connectivity index (χ0n) is 6.95. The fourth-order valence-corrected chi connectivity index (χ4v) is 0.946. The Morgan fingerprint density at radius 2 is 1.53 bits per heavy atom. The summed E-state index contributed by atoms with van der Waals surface area (Å²) in [4.78, 5) is 2.77. The van der Waals surface area contributed by atoms with Gasteiger partial charge in [-0.2, -0.15) is 26.3 Å². The molecule has 0 bridgehead atoms. The molecule has 0 saturated heterocycles. The Morgan fingerprint density at radius 1 is 1.00 bits per heavy atom. The maximum atomic E-state index is 12.1. The number of anilines is 1. The lowest BCUT2D eigenvalue weighted by molar-refractivity contribution is -0.144. The van der Waals surface area contributed by atoms with Crippen LogP contribution in [0.5, 0.6) is 0 Å². The molecule has 0 aliphatic heterocycles. The van der Waals surface area contributed by atoms with Crippen molar-refractivity contribution >= 4 is 5.69 Å². The van der Waals surface area contributed by atoms with Gasteiger partial charge in [0.25, 0.3) is 0 Å². The highest BCUT2D eigenvalue weighted by Crippen LogP contribution is 2.39. The average Bonchev–Trinajstić information content (AvgIpc) is 1.99. The Balaban J connectivity index is 3.37. The summed E-state index contributed by atoms with van der Waals surface area (Å²) in [5.41, 5.74) is 0.0861. The van der Waals surface area contributed by atoms with E-state index in [1.54, 1.807) is 0 Å². The Labute approximate surface area is 79.7 Å². The van der Waals surface area contributed by atoms with E-state index in [9.17, 15) is 26.3 Å². The molecule has 8 heteroatoms. The van der Waals surface area contributed by atoms with Crippen LogP contribution in [-0.4, -0.2) is 4.98 Å². The van der Waals surface area contributed by atoms with Crippen molar-refractivity contribution in [3.63, 3.8) is 0 Å². The van der Waals surface area contributed by atoms with Crippen LogP contribution >= 0.6 is 0 Å². The molecule has 0 fully saturated rings. The third-order valence-electron chi connectivity index (χ3n) is 1.56. The summed E-state index contributed by atoms with van der Waals surface area (Å²) in [6.07, 6.45) is -9.50. The fraction of sp³-hybridized carbons (Fsp3) is 0.286. The van der Waals surface area contributed by atoms with Crippen LogP contribution in [0, 0.1) is 0 Å². The zero-order chi connectivity index (χ0) is 11.9. The Morgan fingerprint density at radius 3 is 1.93 bits per heavy atom. The lowest BCUT2D eigenvalue weighted by atomic mass is 10.1. The Kier molecular flexibility index (Phi) is 2.54. The third-order valence-corrected chi connectivity index (χ3v) is 1.56. The molecule has 1 aromatic heterocycles. The molecular formula is C7H4F6N2. The van der Waals surface area contributed by atoms with E-state index in [0.29, 0.717) is 12.3 Å². The number of pyridine rings is 1. The second-order valence-corrected chi connectivity index (χ2v) is 2.62. The maximum absolute atomic E-state index is 12.1. The first-order valence-corrected chi connectivity index (χ1v) is 3.53. The predicted octanol–water partition coefficient (Wildman–Crippen LogP) is 2.70. The summed E-state index contributed by atoms with van der Waals surface area (Å²) < 4.78 is 72.7. The van der Waals surface area contributed by atoms with E-state index in [1.165, 1.54) is 0 Å². The summed E-state index contributed by atoms with van der Waals surface area (Å²) in [5.74, 6) is 0. The minimum absolute atomic E-state index is 0.393. The van der Waals surface area contributed by atoms with Crippen LogP contribution in [-0.2, 0) is 12.4 Å². The first-order valence-electron chi connectivity index (χ1n) is 3.53. The summed E-state index contributed by atoms with van der Waals surface area (Å²) >= 11 is 0. The van der Waals surface area contributed by atoms with Crippen LogP contribution in [0.2, 0.25) is 0 Å². The molecule has 0 atom stereocenters. The monoisotopic (exact) mass is 230 g/mol. The molecule has 0 saturated carbocycles. The summed E-state index contributed by atoms with van der Waals surface area (Å²) in [6.45, 7) is 0. The van der Waals surface area contributed by atoms with Crippen molar-refractivity contribution in [2.75, 3.05) is 5.73 Å². The number of nitrogen functional groups attached to an aromatic ring is 1. The molecule has 1 aromatic rings. The molecule has 0 aromatic carbocycles. The van der Waals surface area contributed by atoms with Gasteiger partial charge < -0.3 is 5.73 Å². The van der Waals surface area contributed by atoms with Crippen LogP contribution in [0.15, 0.2) is 12.3 Å². The Bertz CT molecular complexity index is 334. The van der Waals surface area contributed by atoms with Gasteiger partial charge in [-0.15, -0.1) is 0 Å². The normalized spacial score (nSPS) is 12.9. The second-order valence-electron chi connectivity index (χ2n) is 2.62. The maximum Gasteiger partial charge on any atom is 0.435 e. The molecule has 1 heterocycles.